The van der Waals surface area contributed by atoms with Crippen LogP contribution in [0, 0.1) is 0 Å². The number of rotatable bonds is 4. The SMILES string of the molecule is CC.CCC(CN(C)C(=O)O)N(C)C. The molecule has 0 saturated heterocycles. The van der Waals surface area contributed by atoms with Crippen LogP contribution in [0.15, 0.2) is 0 Å². The molecular weight excluding hydrogens is 180 g/mol. The van der Waals surface area contributed by atoms with Crippen molar-refractivity contribution in [2.24, 2.45) is 0 Å². The molecule has 0 aliphatic heterocycles. The van der Waals surface area contributed by atoms with E-state index in [1.807, 2.05) is 32.8 Å². The number of carbonyl (C=O) groups is 1. The number of carboxylic acid groups (broad SMARTS) is 1. The molecule has 0 rings (SSSR count). The average molecular weight is 204 g/mol. The topological polar surface area (TPSA) is 43.8 Å². The molecule has 0 fully saturated rings. The van der Waals surface area contributed by atoms with Crippen LogP contribution in [0.4, 0.5) is 4.79 Å². The van der Waals surface area contributed by atoms with Gasteiger partial charge in [-0.05, 0) is 20.5 Å². The minimum absolute atomic E-state index is 0.311. The van der Waals surface area contributed by atoms with Crippen molar-refractivity contribution in [3.8, 4) is 0 Å². The first kappa shape index (κ1) is 15.7. The summed E-state index contributed by atoms with van der Waals surface area (Å²) in [6.45, 7) is 6.62. The van der Waals surface area contributed by atoms with E-state index >= 15 is 0 Å². The Kier molecular flexibility index (Phi) is 9.88. The summed E-state index contributed by atoms with van der Waals surface area (Å²) in [5, 5.41) is 8.62. The van der Waals surface area contributed by atoms with Crippen LogP contribution < -0.4 is 0 Å². The largest absolute Gasteiger partial charge is 0.465 e. The van der Waals surface area contributed by atoms with Crippen LogP contribution in [0.2, 0.25) is 0 Å². The summed E-state index contributed by atoms with van der Waals surface area (Å²) in [7, 11) is 5.52. The maximum atomic E-state index is 10.5. The van der Waals surface area contributed by atoms with E-state index < -0.39 is 6.09 Å². The molecule has 1 atom stereocenters. The minimum Gasteiger partial charge on any atom is -0.465 e. The second-order valence-corrected chi connectivity index (χ2v) is 3.19. The minimum atomic E-state index is -0.865. The maximum Gasteiger partial charge on any atom is 0.407 e. The van der Waals surface area contributed by atoms with Crippen molar-refractivity contribution < 1.29 is 9.90 Å². The average Bonchev–Trinajstić information content (AvgIpc) is 2.16. The van der Waals surface area contributed by atoms with E-state index in [-0.39, 0.29) is 0 Å². The van der Waals surface area contributed by atoms with Gasteiger partial charge in [-0.1, -0.05) is 20.8 Å². The summed E-state index contributed by atoms with van der Waals surface area (Å²) in [6, 6.07) is 0.311. The molecule has 0 saturated carbocycles. The molecule has 1 amide bonds. The third kappa shape index (κ3) is 6.71. The van der Waals surface area contributed by atoms with Crippen LogP contribution in [0.1, 0.15) is 27.2 Å². The smallest absolute Gasteiger partial charge is 0.407 e. The Morgan fingerprint density at radius 1 is 1.29 bits per heavy atom. The van der Waals surface area contributed by atoms with Crippen molar-refractivity contribution in [1.82, 2.24) is 9.80 Å². The third-order valence-electron chi connectivity index (χ3n) is 2.01. The first-order chi connectivity index (χ1) is 6.49. The fraction of sp³-hybridized carbons (Fsp3) is 0.900. The summed E-state index contributed by atoms with van der Waals surface area (Å²) in [6.07, 6.45) is 0.0975. The lowest BCUT2D eigenvalue weighted by molar-refractivity contribution is 0.139. The van der Waals surface area contributed by atoms with Crippen molar-refractivity contribution in [2.75, 3.05) is 27.7 Å². The molecule has 0 heterocycles. The van der Waals surface area contributed by atoms with Gasteiger partial charge in [-0.2, -0.15) is 0 Å². The molecule has 0 aromatic rings. The molecule has 0 bridgehead atoms. The van der Waals surface area contributed by atoms with E-state index in [0.717, 1.165) is 6.42 Å². The molecular formula is C10H24N2O2. The summed E-state index contributed by atoms with van der Waals surface area (Å²) in [5.41, 5.74) is 0. The Balaban J connectivity index is 0. The van der Waals surface area contributed by atoms with E-state index in [9.17, 15) is 4.79 Å². The monoisotopic (exact) mass is 204 g/mol. The van der Waals surface area contributed by atoms with Gasteiger partial charge in [0.1, 0.15) is 0 Å². The number of hydrogen-bond acceptors (Lipinski definition) is 2. The molecule has 0 radical (unpaired) electrons. The van der Waals surface area contributed by atoms with Gasteiger partial charge >= 0.3 is 6.09 Å². The van der Waals surface area contributed by atoms with Crippen LogP contribution in [-0.4, -0.2) is 54.7 Å². The highest BCUT2D eigenvalue weighted by Crippen LogP contribution is 2.00. The molecule has 1 N–H and O–H groups in total. The highest BCUT2D eigenvalue weighted by atomic mass is 16.4. The molecule has 0 spiro atoms. The molecule has 0 aliphatic rings. The predicted molar refractivity (Wildman–Crippen MR) is 59.8 cm³/mol. The summed E-state index contributed by atoms with van der Waals surface area (Å²) in [5.74, 6) is 0. The van der Waals surface area contributed by atoms with E-state index in [0.29, 0.717) is 12.6 Å². The molecule has 0 aliphatic carbocycles. The Hall–Kier alpha value is -0.770. The van der Waals surface area contributed by atoms with E-state index in [1.165, 1.54) is 4.90 Å². The summed E-state index contributed by atoms with van der Waals surface area (Å²) < 4.78 is 0. The fourth-order valence-corrected chi connectivity index (χ4v) is 1.05. The van der Waals surface area contributed by atoms with Crippen molar-refractivity contribution in [3.63, 3.8) is 0 Å². The number of likely N-dealkylation sites (N-methyl/N-ethyl adjacent to an activating group) is 2. The fourth-order valence-electron chi connectivity index (χ4n) is 1.05. The van der Waals surface area contributed by atoms with Gasteiger partial charge in [-0.15, -0.1) is 0 Å². The number of amides is 1. The van der Waals surface area contributed by atoms with Gasteiger partial charge in [0.15, 0.2) is 0 Å². The highest BCUT2D eigenvalue weighted by Gasteiger charge is 2.14. The zero-order chi connectivity index (χ0) is 11.7. The lowest BCUT2D eigenvalue weighted by Crippen LogP contribution is -2.40. The lowest BCUT2D eigenvalue weighted by atomic mass is 10.2. The zero-order valence-electron chi connectivity index (χ0n) is 10.2. The molecule has 4 heteroatoms. The predicted octanol–water partition coefficient (Wildman–Crippen LogP) is 1.96. The van der Waals surface area contributed by atoms with Gasteiger partial charge in [0.25, 0.3) is 0 Å². The van der Waals surface area contributed by atoms with Crippen molar-refractivity contribution >= 4 is 6.09 Å². The Morgan fingerprint density at radius 3 is 1.93 bits per heavy atom. The first-order valence-corrected chi connectivity index (χ1v) is 5.09. The summed E-state index contributed by atoms with van der Waals surface area (Å²) >= 11 is 0. The molecule has 0 aromatic carbocycles. The van der Waals surface area contributed by atoms with Crippen LogP contribution in [-0.2, 0) is 0 Å². The molecule has 14 heavy (non-hydrogen) atoms. The van der Waals surface area contributed by atoms with Gasteiger partial charge in [0.05, 0.1) is 0 Å². The van der Waals surface area contributed by atoms with Crippen molar-refractivity contribution in [2.45, 2.75) is 33.2 Å². The highest BCUT2D eigenvalue weighted by molar-refractivity contribution is 5.64. The van der Waals surface area contributed by atoms with Gasteiger partial charge in [0, 0.05) is 19.6 Å². The second-order valence-electron chi connectivity index (χ2n) is 3.19. The number of nitrogens with zero attached hydrogens (tertiary/aromatic N) is 2. The van der Waals surface area contributed by atoms with Crippen molar-refractivity contribution in [3.05, 3.63) is 0 Å². The van der Waals surface area contributed by atoms with Crippen LogP contribution >= 0.6 is 0 Å². The second kappa shape index (κ2) is 8.81. The Bertz CT molecular complexity index is 149. The molecule has 1 unspecified atom stereocenters. The lowest BCUT2D eigenvalue weighted by Gasteiger charge is -2.26. The van der Waals surface area contributed by atoms with Crippen LogP contribution in [0.25, 0.3) is 0 Å². The quantitative estimate of drug-likeness (QED) is 0.761. The molecule has 86 valence electrons. The zero-order valence-corrected chi connectivity index (χ0v) is 10.2. The van der Waals surface area contributed by atoms with E-state index in [2.05, 4.69) is 6.92 Å². The van der Waals surface area contributed by atoms with Crippen molar-refractivity contribution in [1.29, 1.82) is 0 Å². The van der Waals surface area contributed by atoms with Gasteiger partial charge in [-0.25, -0.2) is 4.79 Å². The van der Waals surface area contributed by atoms with Gasteiger partial charge in [-0.3, -0.25) is 0 Å². The van der Waals surface area contributed by atoms with Crippen LogP contribution in [0.5, 0.6) is 0 Å². The first-order valence-electron chi connectivity index (χ1n) is 5.09. The van der Waals surface area contributed by atoms with E-state index in [1.54, 1.807) is 7.05 Å². The third-order valence-corrected chi connectivity index (χ3v) is 2.01. The Morgan fingerprint density at radius 2 is 1.71 bits per heavy atom. The van der Waals surface area contributed by atoms with Gasteiger partial charge < -0.3 is 14.9 Å². The normalized spacial score (nSPS) is 11.6. The summed E-state index contributed by atoms with van der Waals surface area (Å²) in [4.78, 5) is 13.8. The van der Waals surface area contributed by atoms with Crippen LogP contribution in [0.3, 0.4) is 0 Å². The maximum absolute atomic E-state index is 10.5. The standard InChI is InChI=1S/C8H18N2O2.C2H6/c1-5-7(9(2)3)6-10(4)8(11)12;1-2/h7H,5-6H2,1-4H3,(H,11,12);1-2H3. The van der Waals surface area contributed by atoms with Gasteiger partial charge in [0.2, 0.25) is 0 Å². The Labute approximate surface area is 87.5 Å². The number of hydrogen-bond donors (Lipinski definition) is 1. The van der Waals surface area contributed by atoms with E-state index in [4.69, 9.17) is 5.11 Å². The molecule has 0 aromatic heterocycles. The molecule has 4 nitrogen and oxygen atoms in total.